The Morgan fingerprint density at radius 3 is 2.67 bits per heavy atom. The minimum Gasteiger partial charge on any atom is -0.298 e. The second kappa shape index (κ2) is 5.30. The third-order valence-electron chi connectivity index (χ3n) is 1.01. The lowest BCUT2D eigenvalue weighted by molar-refractivity contribution is -0.117. The summed E-state index contributed by atoms with van der Waals surface area (Å²) in [4.78, 5) is 10.9. The van der Waals surface area contributed by atoms with Crippen LogP contribution in [0.1, 0.15) is 13.3 Å². The number of halogens is 1. The van der Waals surface area contributed by atoms with Crippen LogP contribution in [0.4, 0.5) is 0 Å². The highest BCUT2D eigenvalue weighted by Crippen LogP contribution is 2.09. The number of carbonyl (C=O) groups excluding carboxylic acids is 1. The summed E-state index contributed by atoms with van der Waals surface area (Å²) >= 11 is 4.98. The van der Waals surface area contributed by atoms with Crippen LogP contribution in [0.5, 0.6) is 0 Å². The Bertz CT molecular complexity index is 95.1. The first-order chi connectivity index (χ1) is 4.22. The molecule has 0 radical (unpaired) electrons. The van der Waals surface area contributed by atoms with Gasteiger partial charge in [0.05, 0.1) is 4.83 Å². The molecular formula is C6H11BrOS. The van der Waals surface area contributed by atoms with Crippen molar-refractivity contribution in [3.05, 3.63) is 0 Å². The summed E-state index contributed by atoms with van der Waals surface area (Å²) in [6, 6.07) is 0. The van der Waals surface area contributed by atoms with Crippen LogP contribution in [0.15, 0.2) is 0 Å². The van der Waals surface area contributed by atoms with Crippen LogP contribution in [0.25, 0.3) is 0 Å². The predicted molar refractivity (Wildman–Crippen MR) is 46.4 cm³/mol. The van der Waals surface area contributed by atoms with Crippen LogP contribution in [0.3, 0.4) is 0 Å². The Labute approximate surface area is 68.7 Å². The largest absolute Gasteiger partial charge is 0.298 e. The van der Waals surface area contributed by atoms with Crippen molar-refractivity contribution in [2.75, 3.05) is 12.0 Å². The van der Waals surface area contributed by atoms with E-state index >= 15 is 0 Å². The molecule has 0 aromatic heterocycles. The van der Waals surface area contributed by atoms with Gasteiger partial charge in [-0.15, -0.1) is 0 Å². The van der Waals surface area contributed by atoms with Gasteiger partial charge in [0.25, 0.3) is 0 Å². The van der Waals surface area contributed by atoms with Gasteiger partial charge in [-0.3, -0.25) is 4.79 Å². The number of hydrogen-bond donors (Lipinski definition) is 0. The zero-order chi connectivity index (χ0) is 7.28. The van der Waals surface area contributed by atoms with Gasteiger partial charge >= 0.3 is 0 Å². The summed E-state index contributed by atoms with van der Waals surface area (Å²) < 4.78 is 0. The molecule has 0 fully saturated rings. The molecule has 0 saturated heterocycles. The standard InChI is InChI=1S/C6H11BrOS/c1-3-6(8)5(7)4-9-2/h5H,3-4H2,1-2H3. The topological polar surface area (TPSA) is 17.1 Å². The van der Waals surface area contributed by atoms with E-state index in [0.717, 1.165) is 5.75 Å². The second-order valence-electron chi connectivity index (χ2n) is 1.74. The fourth-order valence-electron chi connectivity index (χ4n) is 0.461. The molecule has 0 aliphatic heterocycles. The molecule has 0 spiro atoms. The lowest BCUT2D eigenvalue weighted by Crippen LogP contribution is -2.14. The van der Waals surface area contributed by atoms with Crippen LogP contribution < -0.4 is 0 Å². The minimum atomic E-state index is 0.0671. The third kappa shape index (κ3) is 3.98. The molecule has 1 atom stereocenters. The van der Waals surface area contributed by atoms with Gasteiger partial charge in [-0.2, -0.15) is 11.8 Å². The normalized spacial score (nSPS) is 13.2. The molecule has 0 bridgehead atoms. The predicted octanol–water partition coefficient (Wildman–Crippen LogP) is 2.09. The van der Waals surface area contributed by atoms with Gasteiger partial charge in [0, 0.05) is 12.2 Å². The summed E-state index contributed by atoms with van der Waals surface area (Å²) in [5, 5.41) is 0. The van der Waals surface area contributed by atoms with E-state index < -0.39 is 0 Å². The maximum absolute atomic E-state index is 10.8. The highest BCUT2D eigenvalue weighted by Gasteiger charge is 2.10. The summed E-state index contributed by atoms with van der Waals surface area (Å²) in [5.41, 5.74) is 0. The van der Waals surface area contributed by atoms with E-state index in [0.29, 0.717) is 12.2 Å². The lowest BCUT2D eigenvalue weighted by atomic mass is 10.2. The number of hydrogen-bond acceptors (Lipinski definition) is 2. The molecule has 0 heterocycles. The summed E-state index contributed by atoms with van der Waals surface area (Å²) in [6.45, 7) is 1.89. The van der Waals surface area contributed by atoms with Crippen molar-refractivity contribution in [1.29, 1.82) is 0 Å². The number of ketones is 1. The van der Waals surface area contributed by atoms with Gasteiger partial charge < -0.3 is 0 Å². The van der Waals surface area contributed by atoms with Crippen molar-refractivity contribution >= 4 is 33.5 Å². The molecule has 0 amide bonds. The maximum Gasteiger partial charge on any atom is 0.147 e. The molecular weight excluding hydrogens is 200 g/mol. The van der Waals surface area contributed by atoms with E-state index in [9.17, 15) is 4.79 Å². The summed E-state index contributed by atoms with van der Waals surface area (Å²) in [6.07, 6.45) is 2.63. The molecule has 0 aliphatic rings. The minimum absolute atomic E-state index is 0.0671. The average Bonchev–Trinajstić information content (AvgIpc) is 1.87. The quantitative estimate of drug-likeness (QED) is 0.662. The average molecular weight is 211 g/mol. The van der Waals surface area contributed by atoms with Crippen molar-refractivity contribution in [1.82, 2.24) is 0 Å². The molecule has 1 unspecified atom stereocenters. The first kappa shape index (κ1) is 9.50. The molecule has 0 N–H and O–H groups in total. The number of alkyl halides is 1. The third-order valence-corrected chi connectivity index (χ3v) is 2.94. The van der Waals surface area contributed by atoms with Crippen LogP contribution in [-0.2, 0) is 4.79 Å². The lowest BCUT2D eigenvalue weighted by Gasteiger charge is -2.02. The molecule has 54 valence electrons. The SMILES string of the molecule is CCC(=O)C(Br)CSC. The molecule has 0 aromatic carbocycles. The Hall–Kier alpha value is 0.500. The van der Waals surface area contributed by atoms with Crippen molar-refractivity contribution < 1.29 is 4.79 Å². The monoisotopic (exact) mass is 210 g/mol. The number of Topliss-reactive ketones (excluding diaryl/α,β-unsaturated/α-hetero) is 1. The zero-order valence-electron chi connectivity index (χ0n) is 5.69. The van der Waals surface area contributed by atoms with E-state index in [1.54, 1.807) is 11.8 Å². The van der Waals surface area contributed by atoms with Gasteiger partial charge in [-0.05, 0) is 6.26 Å². The van der Waals surface area contributed by atoms with Crippen molar-refractivity contribution in [3.8, 4) is 0 Å². The van der Waals surface area contributed by atoms with Crippen LogP contribution >= 0.6 is 27.7 Å². The highest BCUT2D eigenvalue weighted by atomic mass is 79.9. The zero-order valence-corrected chi connectivity index (χ0v) is 8.09. The van der Waals surface area contributed by atoms with Crippen LogP contribution in [0, 0.1) is 0 Å². The van der Waals surface area contributed by atoms with Gasteiger partial charge in [0.15, 0.2) is 0 Å². The molecule has 0 aromatic rings. The molecule has 1 nitrogen and oxygen atoms in total. The van der Waals surface area contributed by atoms with Gasteiger partial charge in [0.2, 0.25) is 0 Å². The van der Waals surface area contributed by atoms with Crippen molar-refractivity contribution in [2.24, 2.45) is 0 Å². The van der Waals surface area contributed by atoms with Crippen LogP contribution in [0.2, 0.25) is 0 Å². The number of carbonyl (C=O) groups is 1. The fourth-order valence-corrected chi connectivity index (χ4v) is 2.06. The van der Waals surface area contributed by atoms with Gasteiger partial charge in [0.1, 0.15) is 5.78 Å². The van der Waals surface area contributed by atoms with E-state index in [-0.39, 0.29) is 4.83 Å². The number of rotatable bonds is 4. The van der Waals surface area contributed by atoms with E-state index in [2.05, 4.69) is 15.9 Å². The molecule has 0 saturated carbocycles. The van der Waals surface area contributed by atoms with E-state index in [4.69, 9.17) is 0 Å². The van der Waals surface area contributed by atoms with Gasteiger partial charge in [-0.1, -0.05) is 22.9 Å². The molecule has 3 heteroatoms. The van der Waals surface area contributed by atoms with Crippen LogP contribution in [-0.4, -0.2) is 22.6 Å². The first-order valence-electron chi connectivity index (χ1n) is 2.88. The maximum atomic E-state index is 10.8. The Morgan fingerprint density at radius 2 is 2.33 bits per heavy atom. The summed E-state index contributed by atoms with van der Waals surface area (Å²) in [7, 11) is 0. The van der Waals surface area contributed by atoms with E-state index in [1.807, 2.05) is 13.2 Å². The van der Waals surface area contributed by atoms with E-state index in [1.165, 1.54) is 0 Å². The highest BCUT2D eigenvalue weighted by molar-refractivity contribution is 9.10. The number of thioether (sulfide) groups is 1. The van der Waals surface area contributed by atoms with Crippen molar-refractivity contribution in [2.45, 2.75) is 18.2 Å². The fraction of sp³-hybridized carbons (Fsp3) is 0.833. The summed E-state index contributed by atoms with van der Waals surface area (Å²) in [5.74, 6) is 1.18. The Balaban J connectivity index is 3.45. The Kier molecular flexibility index (Phi) is 5.59. The smallest absolute Gasteiger partial charge is 0.147 e. The molecule has 0 rings (SSSR count). The molecule has 0 aliphatic carbocycles. The molecule has 9 heavy (non-hydrogen) atoms. The van der Waals surface area contributed by atoms with Gasteiger partial charge in [-0.25, -0.2) is 0 Å². The first-order valence-corrected chi connectivity index (χ1v) is 5.19. The second-order valence-corrected chi connectivity index (χ2v) is 3.76. The Morgan fingerprint density at radius 1 is 1.78 bits per heavy atom. The van der Waals surface area contributed by atoms with Crippen molar-refractivity contribution in [3.63, 3.8) is 0 Å².